The van der Waals surface area contributed by atoms with Crippen LogP contribution in [-0.4, -0.2) is 43.0 Å². The topological polar surface area (TPSA) is 66.8 Å². The van der Waals surface area contributed by atoms with Crippen LogP contribution in [0.5, 0.6) is 5.75 Å². The van der Waals surface area contributed by atoms with Crippen LogP contribution >= 0.6 is 0 Å². The van der Waals surface area contributed by atoms with Crippen molar-refractivity contribution in [3.8, 4) is 5.75 Å². The zero-order chi connectivity index (χ0) is 14.6. The summed E-state index contributed by atoms with van der Waals surface area (Å²) in [6, 6.07) is 2.07. The number of phenols is 1. The van der Waals surface area contributed by atoms with Crippen molar-refractivity contribution in [3.05, 3.63) is 29.1 Å². The number of methoxy groups -OCH3 is 1. The number of esters is 1. The number of nitrogens with zero attached hydrogens (tertiary/aromatic N) is 1. The lowest BCUT2D eigenvalue weighted by atomic mass is 10.0. The molecule has 0 radical (unpaired) electrons. The molecule has 0 aliphatic carbocycles. The second-order valence-electron chi connectivity index (χ2n) is 4.37. The Bertz CT molecular complexity index is 500. The molecule has 0 bridgehead atoms. The van der Waals surface area contributed by atoms with Crippen molar-refractivity contribution in [3.63, 3.8) is 0 Å². The zero-order valence-electron chi connectivity index (χ0n) is 11.1. The highest BCUT2D eigenvalue weighted by atomic mass is 19.1. The van der Waals surface area contributed by atoms with Crippen LogP contribution in [-0.2, 0) is 16.1 Å². The maximum absolute atomic E-state index is 13.4. The molecule has 0 saturated carbocycles. The quantitative estimate of drug-likeness (QED) is 0.496. The molecule has 104 valence electrons. The second-order valence-corrected chi connectivity index (χ2v) is 4.37. The monoisotopic (exact) mass is 269 g/mol. The van der Waals surface area contributed by atoms with Crippen LogP contribution in [0.1, 0.15) is 22.3 Å². The molecule has 0 saturated heterocycles. The first-order chi connectivity index (χ1) is 8.85. The van der Waals surface area contributed by atoms with Gasteiger partial charge in [-0.3, -0.25) is 9.59 Å². The molecule has 5 nitrogen and oxygen atoms in total. The highest BCUT2D eigenvalue weighted by molar-refractivity contribution is 6.07. The van der Waals surface area contributed by atoms with E-state index in [1.54, 1.807) is 19.0 Å². The molecule has 1 aromatic rings. The standard InChI is InChI=1S/C13H16FNO4/c1-15(2)7-8-4-9(14)5-10(13(8)18)11(16)6-12(17)19-3/h4-5,18H,6-7H2,1-3H3. The minimum Gasteiger partial charge on any atom is -0.507 e. The Kier molecular flexibility index (Phi) is 5.00. The Morgan fingerprint density at radius 3 is 2.53 bits per heavy atom. The number of phenolic OH excluding ortho intramolecular Hbond substituents is 1. The molecular formula is C13H16FNO4. The van der Waals surface area contributed by atoms with E-state index >= 15 is 0 Å². The van der Waals surface area contributed by atoms with E-state index in [9.17, 15) is 19.1 Å². The molecule has 19 heavy (non-hydrogen) atoms. The average molecular weight is 269 g/mol. The molecule has 0 aliphatic rings. The lowest BCUT2D eigenvalue weighted by molar-refractivity contribution is -0.139. The van der Waals surface area contributed by atoms with Crippen LogP contribution in [0, 0.1) is 5.82 Å². The first kappa shape index (κ1) is 15.1. The van der Waals surface area contributed by atoms with Gasteiger partial charge in [-0.25, -0.2) is 4.39 Å². The molecule has 1 aromatic carbocycles. The summed E-state index contributed by atoms with van der Waals surface area (Å²) in [6.07, 6.45) is -0.533. The third kappa shape index (κ3) is 4.03. The van der Waals surface area contributed by atoms with Gasteiger partial charge in [0.25, 0.3) is 0 Å². The molecule has 1 rings (SSSR count). The van der Waals surface area contributed by atoms with Crippen molar-refractivity contribution in [2.45, 2.75) is 13.0 Å². The number of halogens is 1. The van der Waals surface area contributed by atoms with Crippen molar-refractivity contribution in [1.29, 1.82) is 0 Å². The number of rotatable bonds is 5. The summed E-state index contributed by atoms with van der Waals surface area (Å²) in [5, 5.41) is 9.95. The number of benzene rings is 1. The average Bonchev–Trinajstić information content (AvgIpc) is 2.32. The number of hydrogen-bond donors (Lipinski definition) is 1. The van der Waals surface area contributed by atoms with E-state index in [1.807, 2.05) is 0 Å². The van der Waals surface area contributed by atoms with Gasteiger partial charge in [0, 0.05) is 12.1 Å². The molecular weight excluding hydrogens is 253 g/mol. The number of ether oxygens (including phenoxy) is 1. The fraction of sp³-hybridized carbons (Fsp3) is 0.385. The van der Waals surface area contributed by atoms with Gasteiger partial charge in [-0.2, -0.15) is 0 Å². The molecule has 0 atom stereocenters. The molecule has 0 amide bonds. The van der Waals surface area contributed by atoms with Crippen LogP contribution in [0.25, 0.3) is 0 Å². The summed E-state index contributed by atoms with van der Waals surface area (Å²) in [4.78, 5) is 24.5. The molecule has 1 N–H and O–H groups in total. The summed E-state index contributed by atoms with van der Waals surface area (Å²) in [5.74, 6) is -2.35. The van der Waals surface area contributed by atoms with Crippen LogP contribution in [0.2, 0.25) is 0 Å². The third-order valence-corrected chi connectivity index (χ3v) is 2.47. The van der Waals surface area contributed by atoms with Crippen molar-refractivity contribution >= 4 is 11.8 Å². The molecule has 0 fully saturated rings. The first-order valence-electron chi connectivity index (χ1n) is 5.61. The Morgan fingerprint density at radius 1 is 1.37 bits per heavy atom. The zero-order valence-corrected chi connectivity index (χ0v) is 11.1. The molecule has 0 aliphatic heterocycles. The summed E-state index contributed by atoms with van der Waals surface area (Å²) in [5.41, 5.74) is 0.0838. The van der Waals surface area contributed by atoms with Crippen LogP contribution in [0.15, 0.2) is 12.1 Å². The Labute approximate surface area is 110 Å². The highest BCUT2D eigenvalue weighted by Gasteiger charge is 2.19. The minimum absolute atomic E-state index is 0.206. The summed E-state index contributed by atoms with van der Waals surface area (Å²) >= 11 is 0. The van der Waals surface area contributed by atoms with Gasteiger partial charge >= 0.3 is 5.97 Å². The smallest absolute Gasteiger partial charge is 0.313 e. The van der Waals surface area contributed by atoms with E-state index in [2.05, 4.69) is 4.74 Å². The Balaban J connectivity index is 3.10. The lowest BCUT2D eigenvalue weighted by Crippen LogP contribution is -2.14. The maximum atomic E-state index is 13.4. The maximum Gasteiger partial charge on any atom is 0.313 e. The highest BCUT2D eigenvalue weighted by Crippen LogP contribution is 2.26. The number of hydrogen-bond acceptors (Lipinski definition) is 5. The van der Waals surface area contributed by atoms with E-state index in [0.717, 1.165) is 19.2 Å². The fourth-order valence-corrected chi connectivity index (χ4v) is 1.63. The number of carbonyl (C=O) groups is 2. The van der Waals surface area contributed by atoms with Gasteiger partial charge in [-0.1, -0.05) is 0 Å². The van der Waals surface area contributed by atoms with Crippen molar-refractivity contribution in [1.82, 2.24) is 4.90 Å². The molecule has 0 heterocycles. The van der Waals surface area contributed by atoms with Crippen LogP contribution < -0.4 is 0 Å². The van der Waals surface area contributed by atoms with Crippen molar-refractivity contribution < 1.29 is 23.8 Å². The van der Waals surface area contributed by atoms with Gasteiger partial charge in [0.1, 0.15) is 18.0 Å². The van der Waals surface area contributed by atoms with E-state index in [0.29, 0.717) is 5.56 Å². The van der Waals surface area contributed by atoms with E-state index in [-0.39, 0.29) is 17.9 Å². The van der Waals surface area contributed by atoms with Gasteiger partial charge in [0.05, 0.1) is 12.7 Å². The van der Waals surface area contributed by atoms with Crippen molar-refractivity contribution in [2.75, 3.05) is 21.2 Å². The number of aromatic hydroxyl groups is 1. The molecule has 6 heteroatoms. The summed E-state index contributed by atoms with van der Waals surface area (Å²) in [7, 11) is 4.65. The minimum atomic E-state index is -0.733. The normalized spacial score (nSPS) is 10.6. The lowest BCUT2D eigenvalue weighted by Gasteiger charge is -2.13. The fourth-order valence-electron chi connectivity index (χ4n) is 1.63. The van der Waals surface area contributed by atoms with E-state index in [4.69, 9.17) is 0 Å². The van der Waals surface area contributed by atoms with Crippen molar-refractivity contribution in [2.24, 2.45) is 0 Å². The van der Waals surface area contributed by atoms with Crippen LogP contribution in [0.4, 0.5) is 4.39 Å². The molecule has 0 aromatic heterocycles. The number of Topliss-reactive ketones (excluding diaryl/α,β-unsaturated/α-hetero) is 1. The Hall–Kier alpha value is -1.95. The Morgan fingerprint density at radius 2 is 2.00 bits per heavy atom. The summed E-state index contributed by atoms with van der Waals surface area (Å²) < 4.78 is 17.8. The molecule has 0 spiro atoms. The van der Waals surface area contributed by atoms with Gasteiger partial charge < -0.3 is 14.7 Å². The van der Waals surface area contributed by atoms with Gasteiger partial charge in [0.2, 0.25) is 0 Å². The predicted molar refractivity (Wildman–Crippen MR) is 66.4 cm³/mol. The van der Waals surface area contributed by atoms with Gasteiger partial charge in [-0.05, 0) is 26.2 Å². The largest absolute Gasteiger partial charge is 0.507 e. The first-order valence-corrected chi connectivity index (χ1v) is 5.61. The SMILES string of the molecule is COC(=O)CC(=O)c1cc(F)cc(CN(C)C)c1O. The second kappa shape index (κ2) is 6.29. The third-order valence-electron chi connectivity index (χ3n) is 2.47. The predicted octanol–water partition coefficient (Wildman–Crippen LogP) is 1.34. The number of ketones is 1. The molecule has 0 unspecified atom stereocenters. The summed E-state index contributed by atoms with van der Waals surface area (Å²) in [6.45, 7) is 0.280. The van der Waals surface area contributed by atoms with E-state index < -0.39 is 24.0 Å². The van der Waals surface area contributed by atoms with E-state index in [1.165, 1.54) is 0 Å². The van der Waals surface area contributed by atoms with Gasteiger partial charge in [-0.15, -0.1) is 0 Å². The van der Waals surface area contributed by atoms with Gasteiger partial charge in [0.15, 0.2) is 5.78 Å². The van der Waals surface area contributed by atoms with Crippen LogP contribution in [0.3, 0.4) is 0 Å². The number of carbonyl (C=O) groups excluding carboxylic acids is 2.